The summed E-state index contributed by atoms with van der Waals surface area (Å²) in [6.45, 7) is 0. The van der Waals surface area contributed by atoms with E-state index in [0.29, 0.717) is 5.95 Å². The normalized spacial score (nSPS) is 11.6. The molecule has 0 bridgehead atoms. The highest BCUT2D eigenvalue weighted by molar-refractivity contribution is 6.19. The number of para-hydroxylation sites is 2. The fraction of sp³-hybridized carbons (Fsp3) is 0. The van der Waals surface area contributed by atoms with Gasteiger partial charge in [-0.2, -0.15) is 0 Å². The zero-order valence-corrected chi connectivity index (χ0v) is 23.8. The first-order chi connectivity index (χ1) is 21.8. The highest BCUT2D eigenvalue weighted by Gasteiger charge is 2.24. The van der Waals surface area contributed by atoms with Crippen LogP contribution in [0.2, 0.25) is 0 Å². The number of pyridine rings is 1. The van der Waals surface area contributed by atoms with E-state index in [4.69, 9.17) is 9.97 Å². The topological polar surface area (TPSA) is 35.1 Å². The van der Waals surface area contributed by atoms with Gasteiger partial charge in [-0.15, -0.1) is 0 Å². The Morgan fingerprint density at radius 1 is 0.432 bits per heavy atom. The Morgan fingerprint density at radius 2 is 1.02 bits per heavy atom. The highest BCUT2D eigenvalue weighted by atomic mass is 15.2. The van der Waals surface area contributed by atoms with Crippen LogP contribution in [0, 0.1) is 0 Å². The van der Waals surface area contributed by atoms with E-state index in [2.05, 4.69) is 155 Å². The second-order valence-electron chi connectivity index (χ2n) is 11.1. The van der Waals surface area contributed by atoms with Crippen LogP contribution >= 0.6 is 0 Å². The SMILES string of the molecule is c1ccc(-c2ccc(-c3nc(-n4c5ccccc5c5c(-c6ccccc6)c6ccccn6c54)nc4ccccc34)cc2)cc1. The third-order valence-corrected chi connectivity index (χ3v) is 8.56. The van der Waals surface area contributed by atoms with Crippen LogP contribution < -0.4 is 0 Å². The van der Waals surface area contributed by atoms with Crippen LogP contribution in [-0.4, -0.2) is 18.9 Å². The number of benzene rings is 5. The van der Waals surface area contributed by atoms with Gasteiger partial charge in [0, 0.05) is 33.5 Å². The first-order valence-corrected chi connectivity index (χ1v) is 14.9. The Kier molecular flexibility index (Phi) is 5.47. The minimum atomic E-state index is 0.653. The molecule has 0 N–H and O–H groups in total. The maximum atomic E-state index is 5.34. The number of hydrogen-bond acceptors (Lipinski definition) is 2. The largest absolute Gasteiger partial charge is 0.302 e. The van der Waals surface area contributed by atoms with Gasteiger partial charge in [0.15, 0.2) is 0 Å². The summed E-state index contributed by atoms with van der Waals surface area (Å²) in [6.07, 6.45) is 2.14. The van der Waals surface area contributed by atoms with E-state index in [1.165, 1.54) is 33.0 Å². The standard InChI is InChI=1S/C40H26N4/c1-3-13-27(14-4-1)28-22-24-30(25-23-28)38-31-17-7-9-19-33(31)41-40(42-38)44-34-20-10-8-18-32(34)37-36(29-15-5-2-6-16-29)35-21-11-12-26-43(35)39(37)44/h1-26H. The molecule has 4 heterocycles. The van der Waals surface area contributed by atoms with Crippen LogP contribution in [-0.2, 0) is 0 Å². The minimum Gasteiger partial charge on any atom is -0.302 e. The fourth-order valence-corrected chi connectivity index (χ4v) is 6.60. The van der Waals surface area contributed by atoms with Gasteiger partial charge in [0.1, 0.15) is 5.65 Å². The number of aromatic nitrogens is 4. The molecular weight excluding hydrogens is 536 g/mol. The Balaban J connectivity index is 1.35. The molecule has 4 nitrogen and oxygen atoms in total. The molecular formula is C40H26N4. The van der Waals surface area contributed by atoms with Crippen LogP contribution in [0.5, 0.6) is 0 Å². The summed E-state index contributed by atoms with van der Waals surface area (Å²) in [6, 6.07) is 53.1. The molecule has 4 heteroatoms. The molecule has 5 aromatic carbocycles. The number of rotatable bonds is 4. The molecule has 0 aliphatic heterocycles. The lowest BCUT2D eigenvalue weighted by Crippen LogP contribution is -2.05. The van der Waals surface area contributed by atoms with E-state index in [9.17, 15) is 0 Å². The highest BCUT2D eigenvalue weighted by Crippen LogP contribution is 2.42. The van der Waals surface area contributed by atoms with Crippen molar-refractivity contribution in [1.29, 1.82) is 0 Å². The van der Waals surface area contributed by atoms with Gasteiger partial charge in [-0.3, -0.25) is 4.57 Å². The lowest BCUT2D eigenvalue weighted by Gasteiger charge is -2.12. The molecule has 44 heavy (non-hydrogen) atoms. The van der Waals surface area contributed by atoms with Crippen LogP contribution in [0.15, 0.2) is 158 Å². The predicted octanol–water partition coefficient (Wildman–Crippen LogP) is 9.98. The zero-order valence-electron chi connectivity index (χ0n) is 23.8. The van der Waals surface area contributed by atoms with E-state index in [1.807, 2.05) is 12.1 Å². The van der Waals surface area contributed by atoms with Crippen molar-refractivity contribution in [2.45, 2.75) is 0 Å². The third-order valence-electron chi connectivity index (χ3n) is 8.56. The summed E-state index contributed by atoms with van der Waals surface area (Å²) in [5.74, 6) is 0.653. The molecule has 0 fully saturated rings. The van der Waals surface area contributed by atoms with Crippen molar-refractivity contribution >= 4 is 38.4 Å². The first-order valence-electron chi connectivity index (χ1n) is 14.9. The lowest BCUT2D eigenvalue weighted by molar-refractivity contribution is 0.987. The summed E-state index contributed by atoms with van der Waals surface area (Å²) in [5, 5.41) is 3.40. The molecule has 0 aliphatic rings. The molecule has 0 radical (unpaired) electrons. The van der Waals surface area contributed by atoms with Crippen molar-refractivity contribution in [3.05, 3.63) is 158 Å². The Morgan fingerprint density at radius 3 is 1.82 bits per heavy atom. The van der Waals surface area contributed by atoms with Crippen molar-refractivity contribution < 1.29 is 0 Å². The minimum absolute atomic E-state index is 0.653. The molecule has 9 rings (SSSR count). The Bertz CT molecular complexity index is 2460. The second-order valence-corrected chi connectivity index (χ2v) is 11.1. The van der Waals surface area contributed by atoms with Crippen molar-refractivity contribution in [2.24, 2.45) is 0 Å². The van der Waals surface area contributed by atoms with E-state index in [-0.39, 0.29) is 0 Å². The zero-order chi connectivity index (χ0) is 29.0. The molecule has 9 aromatic rings. The van der Waals surface area contributed by atoms with E-state index >= 15 is 0 Å². The Labute approximate surface area is 254 Å². The molecule has 206 valence electrons. The molecule has 0 saturated heterocycles. The summed E-state index contributed by atoms with van der Waals surface area (Å²) in [5.41, 5.74) is 11.0. The third kappa shape index (κ3) is 3.71. The molecule has 0 amide bonds. The molecule has 0 unspecified atom stereocenters. The van der Waals surface area contributed by atoms with Crippen LogP contribution in [0.1, 0.15) is 0 Å². The van der Waals surface area contributed by atoms with Gasteiger partial charge in [-0.05, 0) is 41.0 Å². The van der Waals surface area contributed by atoms with Crippen LogP contribution in [0.4, 0.5) is 0 Å². The van der Waals surface area contributed by atoms with Gasteiger partial charge in [0.05, 0.1) is 22.2 Å². The quantitative estimate of drug-likeness (QED) is 0.214. The van der Waals surface area contributed by atoms with E-state index in [1.54, 1.807) is 0 Å². The van der Waals surface area contributed by atoms with Crippen molar-refractivity contribution in [3.63, 3.8) is 0 Å². The monoisotopic (exact) mass is 562 g/mol. The lowest BCUT2D eigenvalue weighted by atomic mass is 10.0. The maximum absolute atomic E-state index is 5.34. The van der Waals surface area contributed by atoms with Crippen molar-refractivity contribution in [2.75, 3.05) is 0 Å². The van der Waals surface area contributed by atoms with Crippen molar-refractivity contribution in [3.8, 4) is 39.5 Å². The first kappa shape index (κ1) is 24.6. The van der Waals surface area contributed by atoms with Crippen LogP contribution in [0.3, 0.4) is 0 Å². The number of hydrogen-bond donors (Lipinski definition) is 0. The molecule has 0 saturated carbocycles. The molecule has 0 spiro atoms. The smallest absolute Gasteiger partial charge is 0.236 e. The maximum Gasteiger partial charge on any atom is 0.236 e. The van der Waals surface area contributed by atoms with Gasteiger partial charge in [0.25, 0.3) is 0 Å². The summed E-state index contributed by atoms with van der Waals surface area (Å²) >= 11 is 0. The number of fused-ring (bicyclic) bond motifs is 6. The summed E-state index contributed by atoms with van der Waals surface area (Å²) in [4.78, 5) is 10.5. The van der Waals surface area contributed by atoms with Crippen molar-refractivity contribution in [1.82, 2.24) is 18.9 Å². The van der Waals surface area contributed by atoms with Gasteiger partial charge < -0.3 is 4.40 Å². The average Bonchev–Trinajstić information content (AvgIpc) is 3.61. The van der Waals surface area contributed by atoms with Gasteiger partial charge in [-0.1, -0.05) is 127 Å². The summed E-state index contributed by atoms with van der Waals surface area (Å²) in [7, 11) is 0. The summed E-state index contributed by atoms with van der Waals surface area (Å²) < 4.78 is 4.52. The Hall–Kier alpha value is -6.00. The second kappa shape index (κ2) is 9.79. The van der Waals surface area contributed by atoms with E-state index in [0.717, 1.165) is 38.8 Å². The predicted molar refractivity (Wildman–Crippen MR) is 181 cm³/mol. The number of nitrogens with zero attached hydrogens (tertiary/aromatic N) is 4. The molecule has 0 atom stereocenters. The molecule has 0 aliphatic carbocycles. The van der Waals surface area contributed by atoms with Gasteiger partial charge in [0.2, 0.25) is 5.95 Å². The van der Waals surface area contributed by atoms with Crippen LogP contribution in [0.25, 0.3) is 77.8 Å². The average molecular weight is 563 g/mol. The van der Waals surface area contributed by atoms with E-state index < -0.39 is 0 Å². The van der Waals surface area contributed by atoms with Gasteiger partial charge in [-0.25, -0.2) is 9.97 Å². The molecule has 4 aromatic heterocycles. The fourth-order valence-electron chi connectivity index (χ4n) is 6.60. The van der Waals surface area contributed by atoms with Gasteiger partial charge >= 0.3 is 0 Å².